The Hall–Kier alpha value is -2.69. The van der Waals surface area contributed by atoms with Gasteiger partial charge in [-0.3, -0.25) is 9.20 Å². The van der Waals surface area contributed by atoms with E-state index in [4.69, 9.17) is 0 Å². The first-order valence-corrected chi connectivity index (χ1v) is 10.2. The van der Waals surface area contributed by atoms with Crippen molar-refractivity contribution in [1.82, 2.24) is 30.1 Å². The van der Waals surface area contributed by atoms with Crippen molar-refractivity contribution in [1.29, 1.82) is 0 Å². The lowest BCUT2D eigenvalue weighted by Gasteiger charge is -2.12. The third-order valence-electron chi connectivity index (χ3n) is 4.62. The molecule has 0 radical (unpaired) electrons. The maximum Gasteiger partial charge on any atom is 0.253 e. The number of carbonyl (C=O) groups excluding carboxylic acids is 1. The molecule has 8 nitrogen and oxygen atoms in total. The van der Waals surface area contributed by atoms with Gasteiger partial charge in [0.05, 0.1) is 6.54 Å². The van der Waals surface area contributed by atoms with Crippen LogP contribution in [-0.4, -0.2) is 58.5 Å². The van der Waals surface area contributed by atoms with E-state index in [9.17, 15) is 4.79 Å². The van der Waals surface area contributed by atoms with Gasteiger partial charge in [-0.05, 0) is 43.2 Å². The molecule has 3 aromatic rings. The Morgan fingerprint density at radius 3 is 2.58 bits per heavy atom. The van der Waals surface area contributed by atoms with Crippen molar-refractivity contribution in [3.63, 3.8) is 0 Å². The Bertz CT molecular complexity index is 999. The second kappa shape index (κ2) is 12.2. The van der Waals surface area contributed by atoms with Crippen molar-refractivity contribution in [2.45, 2.75) is 26.3 Å². The molecule has 0 aliphatic heterocycles. The van der Waals surface area contributed by atoms with Crippen LogP contribution in [-0.2, 0) is 13.0 Å². The number of rotatable bonds is 8. The lowest BCUT2D eigenvalue weighted by Crippen LogP contribution is -2.37. The van der Waals surface area contributed by atoms with Crippen molar-refractivity contribution < 1.29 is 4.79 Å². The van der Waals surface area contributed by atoms with E-state index in [0.29, 0.717) is 12.1 Å². The lowest BCUT2D eigenvalue weighted by molar-refractivity contribution is 0.0827. The second-order valence-corrected chi connectivity index (χ2v) is 7.17. The van der Waals surface area contributed by atoms with E-state index >= 15 is 0 Å². The zero-order valence-corrected chi connectivity index (χ0v) is 20.5. The molecule has 0 atom stereocenters. The van der Waals surface area contributed by atoms with Crippen LogP contribution >= 0.6 is 24.0 Å². The van der Waals surface area contributed by atoms with Gasteiger partial charge >= 0.3 is 0 Å². The van der Waals surface area contributed by atoms with E-state index in [-0.39, 0.29) is 29.9 Å². The van der Waals surface area contributed by atoms with E-state index < -0.39 is 0 Å². The number of hydrogen-bond donors (Lipinski definition) is 2. The van der Waals surface area contributed by atoms with Gasteiger partial charge in [-0.2, -0.15) is 0 Å². The zero-order valence-electron chi connectivity index (χ0n) is 18.2. The van der Waals surface area contributed by atoms with Crippen LogP contribution in [0.1, 0.15) is 35.1 Å². The maximum atomic E-state index is 12.0. The van der Waals surface area contributed by atoms with Crippen LogP contribution in [0, 0.1) is 0 Å². The Labute approximate surface area is 200 Å². The first-order valence-electron chi connectivity index (χ1n) is 10.2. The van der Waals surface area contributed by atoms with E-state index in [1.165, 1.54) is 0 Å². The minimum atomic E-state index is 0. The number of hydrogen-bond acceptors (Lipinski definition) is 4. The second-order valence-electron chi connectivity index (χ2n) is 7.17. The number of carbonyl (C=O) groups is 1. The maximum absolute atomic E-state index is 12.0. The normalized spacial score (nSPS) is 11.1. The van der Waals surface area contributed by atoms with Gasteiger partial charge in [-0.1, -0.05) is 18.2 Å². The van der Waals surface area contributed by atoms with E-state index in [1.807, 2.05) is 60.0 Å². The fraction of sp³-hybridized carbons (Fsp3) is 0.364. The molecule has 2 N–H and O–H groups in total. The van der Waals surface area contributed by atoms with E-state index in [2.05, 4.69) is 25.8 Å². The monoisotopic (exact) mass is 535 g/mol. The van der Waals surface area contributed by atoms with Crippen molar-refractivity contribution in [3.8, 4) is 0 Å². The predicted molar refractivity (Wildman–Crippen MR) is 134 cm³/mol. The lowest BCUT2D eigenvalue weighted by atomic mass is 10.1. The fourth-order valence-electron chi connectivity index (χ4n) is 3.04. The van der Waals surface area contributed by atoms with E-state index in [0.717, 1.165) is 48.9 Å². The summed E-state index contributed by atoms with van der Waals surface area (Å²) >= 11 is 0. The molecule has 0 saturated heterocycles. The molecule has 1 amide bonds. The number of benzene rings is 1. The van der Waals surface area contributed by atoms with Gasteiger partial charge in [0.1, 0.15) is 5.82 Å². The predicted octanol–water partition coefficient (Wildman–Crippen LogP) is 2.74. The summed E-state index contributed by atoms with van der Waals surface area (Å²) < 4.78 is 2.02. The number of fused-ring (bicyclic) bond motifs is 1. The number of pyridine rings is 1. The summed E-state index contributed by atoms with van der Waals surface area (Å²) in [7, 11) is 3.50. The molecule has 2 heterocycles. The molecule has 3 rings (SSSR count). The van der Waals surface area contributed by atoms with Crippen LogP contribution in [0.3, 0.4) is 0 Å². The number of nitrogens with one attached hydrogen (secondary N) is 2. The molecule has 0 aliphatic carbocycles. The summed E-state index contributed by atoms with van der Waals surface area (Å²) in [5.74, 6) is 1.74. The van der Waals surface area contributed by atoms with Crippen molar-refractivity contribution in [3.05, 3.63) is 65.6 Å². The van der Waals surface area contributed by atoms with Gasteiger partial charge in [-0.15, -0.1) is 34.2 Å². The summed E-state index contributed by atoms with van der Waals surface area (Å²) in [6.45, 7) is 4.16. The first kappa shape index (κ1) is 24.6. The summed E-state index contributed by atoms with van der Waals surface area (Å²) in [4.78, 5) is 18.2. The molecule has 0 saturated carbocycles. The highest BCUT2D eigenvalue weighted by molar-refractivity contribution is 14.0. The largest absolute Gasteiger partial charge is 0.357 e. The molecular weight excluding hydrogens is 505 g/mol. The molecule has 31 heavy (non-hydrogen) atoms. The molecular formula is C22H30IN7O. The summed E-state index contributed by atoms with van der Waals surface area (Å²) in [5, 5.41) is 15.1. The molecule has 0 fully saturated rings. The summed E-state index contributed by atoms with van der Waals surface area (Å²) in [6.07, 6.45) is 3.74. The van der Waals surface area contributed by atoms with Crippen LogP contribution in [0.25, 0.3) is 5.65 Å². The third kappa shape index (κ3) is 6.91. The number of halogens is 1. The average molecular weight is 535 g/mol. The molecule has 166 valence electrons. The van der Waals surface area contributed by atoms with Crippen LogP contribution in [0.15, 0.2) is 53.7 Å². The first-order chi connectivity index (χ1) is 14.6. The van der Waals surface area contributed by atoms with Gasteiger partial charge < -0.3 is 15.5 Å². The highest BCUT2D eigenvalue weighted by Gasteiger charge is 2.07. The average Bonchev–Trinajstić information content (AvgIpc) is 3.18. The number of aromatic nitrogens is 3. The molecule has 0 spiro atoms. The summed E-state index contributed by atoms with van der Waals surface area (Å²) in [6, 6.07) is 13.5. The third-order valence-corrected chi connectivity index (χ3v) is 4.62. The van der Waals surface area contributed by atoms with Gasteiger partial charge in [0, 0.05) is 45.4 Å². The Morgan fingerprint density at radius 2 is 1.87 bits per heavy atom. The SMILES string of the molecule is CCNC(=NCc1ccc(C(=O)N(C)C)cc1)NCCCc1nnc2ccccn12.I. The van der Waals surface area contributed by atoms with Crippen molar-refractivity contribution >= 4 is 41.5 Å². The highest BCUT2D eigenvalue weighted by atomic mass is 127. The molecule has 2 aromatic heterocycles. The molecule has 1 aromatic carbocycles. The Kier molecular flexibility index (Phi) is 9.70. The number of aryl methyl sites for hydroxylation is 1. The molecule has 0 unspecified atom stereocenters. The molecule has 0 aliphatic rings. The van der Waals surface area contributed by atoms with Gasteiger partial charge in [0.25, 0.3) is 5.91 Å². The molecule has 9 heteroatoms. The topological polar surface area (TPSA) is 86.9 Å². The van der Waals surface area contributed by atoms with E-state index in [1.54, 1.807) is 19.0 Å². The zero-order chi connectivity index (χ0) is 21.3. The van der Waals surface area contributed by atoms with Gasteiger partial charge in [0.2, 0.25) is 0 Å². The number of aliphatic imine (C=N–C) groups is 1. The fourth-order valence-corrected chi connectivity index (χ4v) is 3.04. The minimum absolute atomic E-state index is 0. The van der Waals surface area contributed by atoms with Gasteiger partial charge in [0.15, 0.2) is 11.6 Å². The van der Waals surface area contributed by atoms with Crippen LogP contribution in [0.5, 0.6) is 0 Å². The van der Waals surface area contributed by atoms with Gasteiger partial charge in [-0.25, -0.2) is 4.99 Å². The van der Waals surface area contributed by atoms with Crippen LogP contribution in [0.4, 0.5) is 0 Å². The van der Waals surface area contributed by atoms with Crippen molar-refractivity contribution in [2.24, 2.45) is 4.99 Å². The Balaban J connectivity index is 0.00000341. The number of nitrogens with zero attached hydrogens (tertiary/aromatic N) is 5. The quantitative estimate of drug-likeness (QED) is 0.201. The van der Waals surface area contributed by atoms with Crippen LogP contribution in [0.2, 0.25) is 0 Å². The highest BCUT2D eigenvalue weighted by Crippen LogP contribution is 2.08. The van der Waals surface area contributed by atoms with Crippen molar-refractivity contribution in [2.75, 3.05) is 27.2 Å². The smallest absolute Gasteiger partial charge is 0.253 e. The number of amides is 1. The molecule has 0 bridgehead atoms. The standard InChI is InChI=1S/C22H29N7O.HI/c1-4-23-22(25-16-17-10-12-18(13-11-17)21(30)28(2)3)24-14-7-9-20-27-26-19-8-5-6-15-29(19)20;/h5-6,8,10-13,15H,4,7,9,14,16H2,1-3H3,(H2,23,24,25);1H. The van der Waals surface area contributed by atoms with Crippen LogP contribution < -0.4 is 10.6 Å². The summed E-state index contributed by atoms with van der Waals surface area (Å²) in [5.41, 5.74) is 2.60. The Morgan fingerprint density at radius 1 is 1.10 bits per heavy atom. The minimum Gasteiger partial charge on any atom is -0.357 e. The number of guanidine groups is 1.